The number of hydroxylamine groups is 2. The highest BCUT2D eigenvalue weighted by Crippen LogP contribution is 2.14. The minimum atomic E-state index is -0.780. The first-order valence-corrected chi connectivity index (χ1v) is 6.59. The molecule has 1 aromatic carbocycles. The molecule has 0 bridgehead atoms. The van der Waals surface area contributed by atoms with E-state index in [9.17, 15) is 10.0 Å². The number of aryl methyl sites for hydroxylation is 1. The standard InChI is InChI=1S/C15H23NO4/c1-11-7-6-8-13(9-11)19-10-12(2)16(18)14(17)20-15(3,4)5/h6-9,12,18H,10H2,1-5H3. The molecule has 0 saturated heterocycles. The Balaban J connectivity index is 2.49. The van der Waals surface area contributed by atoms with E-state index in [0.717, 1.165) is 5.56 Å². The second-order valence-electron chi connectivity index (χ2n) is 5.80. The largest absolute Gasteiger partial charge is 0.491 e. The van der Waals surface area contributed by atoms with Crippen LogP contribution in [0.15, 0.2) is 24.3 Å². The summed E-state index contributed by atoms with van der Waals surface area (Å²) in [6, 6.07) is 7.07. The maximum absolute atomic E-state index is 11.7. The fourth-order valence-electron chi connectivity index (χ4n) is 1.48. The summed E-state index contributed by atoms with van der Waals surface area (Å²) in [5, 5.41) is 10.3. The Bertz CT molecular complexity index is 453. The second-order valence-corrected chi connectivity index (χ2v) is 5.80. The van der Waals surface area contributed by atoms with E-state index < -0.39 is 17.7 Å². The molecule has 0 aromatic heterocycles. The number of nitrogens with zero attached hydrogens (tertiary/aromatic N) is 1. The fourth-order valence-corrected chi connectivity index (χ4v) is 1.48. The molecule has 1 amide bonds. The highest BCUT2D eigenvalue weighted by molar-refractivity contribution is 5.66. The molecule has 20 heavy (non-hydrogen) atoms. The van der Waals surface area contributed by atoms with Crippen LogP contribution in [0.3, 0.4) is 0 Å². The molecule has 0 spiro atoms. The van der Waals surface area contributed by atoms with Gasteiger partial charge in [0.2, 0.25) is 0 Å². The molecule has 1 aromatic rings. The van der Waals surface area contributed by atoms with Crippen LogP contribution in [0.25, 0.3) is 0 Å². The number of carbonyl (C=O) groups excluding carboxylic acids is 1. The van der Waals surface area contributed by atoms with Gasteiger partial charge in [0.15, 0.2) is 0 Å². The van der Waals surface area contributed by atoms with Crippen LogP contribution in [0.5, 0.6) is 5.75 Å². The number of amides is 1. The fraction of sp³-hybridized carbons (Fsp3) is 0.533. The normalized spacial score (nSPS) is 12.7. The first-order valence-electron chi connectivity index (χ1n) is 6.59. The Hall–Kier alpha value is -1.75. The summed E-state index contributed by atoms with van der Waals surface area (Å²) in [5.41, 5.74) is 0.443. The van der Waals surface area contributed by atoms with Crippen molar-refractivity contribution in [3.8, 4) is 5.75 Å². The molecule has 0 fully saturated rings. The molecule has 1 N–H and O–H groups in total. The van der Waals surface area contributed by atoms with Gasteiger partial charge in [0.1, 0.15) is 18.0 Å². The summed E-state index contributed by atoms with van der Waals surface area (Å²) < 4.78 is 10.6. The van der Waals surface area contributed by atoms with Crippen LogP contribution >= 0.6 is 0 Å². The van der Waals surface area contributed by atoms with E-state index >= 15 is 0 Å². The van der Waals surface area contributed by atoms with E-state index in [4.69, 9.17) is 9.47 Å². The predicted octanol–water partition coefficient (Wildman–Crippen LogP) is 3.39. The maximum atomic E-state index is 11.7. The van der Waals surface area contributed by atoms with Crippen molar-refractivity contribution in [1.82, 2.24) is 5.06 Å². The number of hydrogen-bond acceptors (Lipinski definition) is 4. The van der Waals surface area contributed by atoms with Crippen molar-refractivity contribution in [3.63, 3.8) is 0 Å². The summed E-state index contributed by atoms with van der Waals surface area (Å²) in [6.07, 6.45) is -0.780. The van der Waals surface area contributed by atoms with Crippen molar-refractivity contribution >= 4 is 6.09 Å². The molecule has 0 radical (unpaired) electrons. The van der Waals surface area contributed by atoms with Gasteiger partial charge in [0.05, 0.1) is 6.04 Å². The van der Waals surface area contributed by atoms with Gasteiger partial charge in [-0.05, 0) is 52.3 Å². The predicted molar refractivity (Wildman–Crippen MR) is 76.0 cm³/mol. The van der Waals surface area contributed by atoms with E-state index in [1.807, 2.05) is 31.2 Å². The van der Waals surface area contributed by atoms with E-state index in [0.29, 0.717) is 10.8 Å². The van der Waals surface area contributed by atoms with E-state index in [2.05, 4.69) is 0 Å². The maximum Gasteiger partial charge on any atom is 0.434 e. The molecule has 1 rings (SSSR count). The Morgan fingerprint density at radius 3 is 2.60 bits per heavy atom. The van der Waals surface area contributed by atoms with Gasteiger partial charge in [-0.2, -0.15) is 5.06 Å². The lowest BCUT2D eigenvalue weighted by atomic mass is 10.2. The highest BCUT2D eigenvalue weighted by Gasteiger charge is 2.25. The summed E-state index contributed by atoms with van der Waals surface area (Å²) in [6.45, 7) is 9.06. The molecule has 5 nitrogen and oxygen atoms in total. The van der Waals surface area contributed by atoms with Crippen molar-refractivity contribution in [2.24, 2.45) is 0 Å². The van der Waals surface area contributed by atoms with Crippen LogP contribution in [-0.2, 0) is 4.74 Å². The molecular weight excluding hydrogens is 258 g/mol. The summed E-state index contributed by atoms with van der Waals surface area (Å²) in [4.78, 5) is 11.7. The summed E-state index contributed by atoms with van der Waals surface area (Å²) in [5.74, 6) is 0.703. The van der Waals surface area contributed by atoms with Gasteiger partial charge < -0.3 is 9.47 Å². The van der Waals surface area contributed by atoms with E-state index in [1.54, 1.807) is 27.7 Å². The molecule has 5 heteroatoms. The highest BCUT2D eigenvalue weighted by atomic mass is 16.6. The van der Waals surface area contributed by atoms with Crippen LogP contribution in [-0.4, -0.2) is 34.6 Å². The second kappa shape index (κ2) is 6.61. The van der Waals surface area contributed by atoms with Crippen molar-refractivity contribution in [2.45, 2.75) is 46.3 Å². The molecule has 0 saturated carbocycles. The van der Waals surface area contributed by atoms with Gasteiger partial charge in [0, 0.05) is 0 Å². The zero-order valence-corrected chi connectivity index (χ0v) is 12.7. The molecule has 0 aliphatic carbocycles. The molecule has 1 unspecified atom stereocenters. The lowest BCUT2D eigenvalue weighted by molar-refractivity contribution is -0.122. The molecule has 1 atom stereocenters. The van der Waals surface area contributed by atoms with Crippen molar-refractivity contribution in [2.75, 3.05) is 6.61 Å². The van der Waals surface area contributed by atoms with Gasteiger partial charge in [-0.1, -0.05) is 12.1 Å². The van der Waals surface area contributed by atoms with Crippen molar-refractivity contribution < 1.29 is 19.5 Å². The quantitative estimate of drug-likeness (QED) is 0.679. The third-order valence-electron chi connectivity index (χ3n) is 2.48. The van der Waals surface area contributed by atoms with Crippen molar-refractivity contribution in [3.05, 3.63) is 29.8 Å². The number of rotatable bonds is 4. The van der Waals surface area contributed by atoms with Crippen LogP contribution in [0.1, 0.15) is 33.3 Å². The van der Waals surface area contributed by atoms with E-state index in [1.165, 1.54) is 0 Å². The van der Waals surface area contributed by atoms with E-state index in [-0.39, 0.29) is 6.61 Å². The number of benzene rings is 1. The Labute approximate surface area is 120 Å². The van der Waals surface area contributed by atoms with Crippen LogP contribution in [0.4, 0.5) is 4.79 Å². The van der Waals surface area contributed by atoms with Gasteiger partial charge in [0.25, 0.3) is 0 Å². The van der Waals surface area contributed by atoms with Gasteiger partial charge in [-0.15, -0.1) is 0 Å². The zero-order valence-electron chi connectivity index (χ0n) is 12.7. The molecular formula is C15H23NO4. The average Bonchev–Trinajstić information content (AvgIpc) is 2.33. The van der Waals surface area contributed by atoms with Crippen LogP contribution in [0, 0.1) is 6.92 Å². The summed E-state index contributed by atoms with van der Waals surface area (Å²) in [7, 11) is 0. The monoisotopic (exact) mass is 281 g/mol. The number of carbonyl (C=O) groups is 1. The minimum Gasteiger partial charge on any atom is -0.491 e. The number of ether oxygens (including phenoxy) is 2. The van der Waals surface area contributed by atoms with Crippen molar-refractivity contribution in [1.29, 1.82) is 0 Å². The van der Waals surface area contributed by atoms with Gasteiger partial charge in [-0.25, -0.2) is 4.79 Å². The lowest BCUT2D eigenvalue weighted by Crippen LogP contribution is -2.42. The summed E-state index contributed by atoms with van der Waals surface area (Å²) >= 11 is 0. The lowest BCUT2D eigenvalue weighted by Gasteiger charge is -2.26. The van der Waals surface area contributed by atoms with Crippen LogP contribution in [0.2, 0.25) is 0 Å². The molecule has 0 aliphatic rings. The van der Waals surface area contributed by atoms with Crippen LogP contribution < -0.4 is 4.74 Å². The average molecular weight is 281 g/mol. The van der Waals surface area contributed by atoms with Gasteiger partial charge >= 0.3 is 6.09 Å². The zero-order chi connectivity index (χ0) is 15.3. The molecule has 0 aliphatic heterocycles. The Kier molecular flexibility index (Phi) is 5.39. The Morgan fingerprint density at radius 1 is 1.40 bits per heavy atom. The molecule has 112 valence electrons. The van der Waals surface area contributed by atoms with Gasteiger partial charge in [-0.3, -0.25) is 5.21 Å². The third-order valence-corrected chi connectivity index (χ3v) is 2.48. The first kappa shape index (κ1) is 16.3. The Morgan fingerprint density at radius 2 is 2.05 bits per heavy atom. The SMILES string of the molecule is Cc1cccc(OCC(C)N(O)C(=O)OC(C)(C)C)c1. The molecule has 0 heterocycles. The smallest absolute Gasteiger partial charge is 0.434 e. The third kappa shape index (κ3) is 5.48. The first-order chi connectivity index (χ1) is 9.19. The minimum absolute atomic E-state index is 0.180. The number of hydrogen-bond donors (Lipinski definition) is 1. The topological polar surface area (TPSA) is 59.0 Å².